The van der Waals surface area contributed by atoms with Crippen LogP contribution < -0.4 is 20.1 Å². The van der Waals surface area contributed by atoms with Gasteiger partial charge in [-0.3, -0.25) is 4.79 Å². The van der Waals surface area contributed by atoms with Crippen molar-refractivity contribution in [2.75, 3.05) is 24.9 Å². The van der Waals surface area contributed by atoms with Crippen LogP contribution in [0.3, 0.4) is 0 Å². The van der Waals surface area contributed by atoms with E-state index in [2.05, 4.69) is 10.6 Å². The zero-order chi connectivity index (χ0) is 19.9. The summed E-state index contributed by atoms with van der Waals surface area (Å²) in [5.41, 5.74) is 4.73. The summed E-state index contributed by atoms with van der Waals surface area (Å²) in [6.07, 6.45) is 0.353. The maximum Gasteiger partial charge on any atom is 0.228 e. The summed E-state index contributed by atoms with van der Waals surface area (Å²) in [6, 6.07) is 21.2. The number of anilines is 3. The van der Waals surface area contributed by atoms with Gasteiger partial charge in [-0.25, -0.2) is 0 Å². The number of methoxy groups -OCH3 is 2. The molecular formula is C23H24N2O3. The second kappa shape index (κ2) is 8.95. The van der Waals surface area contributed by atoms with Gasteiger partial charge in [0, 0.05) is 23.1 Å². The Morgan fingerprint density at radius 2 is 1.39 bits per heavy atom. The fraction of sp³-hybridized carbons (Fsp3) is 0.174. The van der Waals surface area contributed by atoms with E-state index in [1.54, 1.807) is 14.2 Å². The highest BCUT2D eigenvalue weighted by Crippen LogP contribution is 2.31. The molecule has 1 amide bonds. The summed E-state index contributed by atoms with van der Waals surface area (Å²) < 4.78 is 10.6. The molecule has 0 saturated heterocycles. The first-order valence-corrected chi connectivity index (χ1v) is 9.02. The third kappa shape index (κ3) is 5.04. The maximum absolute atomic E-state index is 12.2. The van der Waals surface area contributed by atoms with E-state index in [1.165, 1.54) is 5.56 Å². The second-order valence-electron chi connectivity index (χ2n) is 6.48. The van der Waals surface area contributed by atoms with Gasteiger partial charge in [0.15, 0.2) is 11.5 Å². The average molecular weight is 376 g/mol. The number of rotatable bonds is 7. The molecule has 3 aromatic carbocycles. The lowest BCUT2D eigenvalue weighted by Crippen LogP contribution is -2.14. The number of carbonyl (C=O) groups excluding carboxylic acids is 1. The maximum atomic E-state index is 12.2. The Kier molecular flexibility index (Phi) is 6.17. The normalized spacial score (nSPS) is 10.2. The quantitative estimate of drug-likeness (QED) is 0.613. The summed E-state index contributed by atoms with van der Waals surface area (Å²) in [7, 11) is 3.21. The Hall–Kier alpha value is -3.47. The Balaban J connectivity index is 1.60. The highest BCUT2D eigenvalue weighted by Gasteiger charge is 2.06. The number of nitrogens with one attached hydrogen (secondary N) is 2. The SMILES string of the molecule is COc1ccc(Nc2ccc(NC(=O)Cc3ccc(C)cc3)cc2)cc1OC. The zero-order valence-corrected chi connectivity index (χ0v) is 16.3. The zero-order valence-electron chi connectivity index (χ0n) is 16.3. The molecule has 0 aliphatic rings. The molecule has 0 aromatic heterocycles. The lowest BCUT2D eigenvalue weighted by Gasteiger charge is -2.12. The monoisotopic (exact) mass is 376 g/mol. The minimum Gasteiger partial charge on any atom is -0.493 e. The Labute approximate surface area is 165 Å². The van der Waals surface area contributed by atoms with E-state index < -0.39 is 0 Å². The number of carbonyl (C=O) groups is 1. The van der Waals surface area contributed by atoms with Gasteiger partial charge in [-0.1, -0.05) is 29.8 Å². The second-order valence-corrected chi connectivity index (χ2v) is 6.48. The van der Waals surface area contributed by atoms with Gasteiger partial charge in [0.05, 0.1) is 20.6 Å². The highest BCUT2D eigenvalue weighted by molar-refractivity contribution is 5.92. The van der Waals surface area contributed by atoms with Crippen molar-refractivity contribution in [3.63, 3.8) is 0 Å². The van der Waals surface area contributed by atoms with Crippen LogP contribution >= 0.6 is 0 Å². The number of ether oxygens (including phenoxy) is 2. The Bertz CT molecular complexity index is 935. The lowest BCUT2D eigenvalue weighted by atomic mass is 10.1. The van der Waals surface area contributed by atoms with Crippen molar-refractivity contribution in [2.45, 2.75) is 13.3 Å². The van der Waals surface area contributed by atoms with Gasteiger partial charge < -0.3 is 20.1 Å². The predicted octanol–water partition coefficient (Wildman–Crippen LogP) is 4.94. The van der Waals surface area contributed by atoms with E-state index in [1.807, 2.05) is 73.7 Å². The molecule has 28 heavy (non-hydrogen) atoms. The molecule has 3 aromatic rings. The Morgan fingerprint density at radius 1 is 0.786 bits per heavy atom. The van der Waals surface area contributed by atoms with Crippen LogP contribution in [0.5, 0.6) is 11.5 Å². The topological polar surface area (TPSA) is 59.6 Å². The molecule has 2 N–H and O–H groups in total. The van der Waals surface area contributed by atoms with Crippen molar-refractivity contribution in [3.8, 4) is 11.5 Å². The van der Waals surface area contributed by atoms with Crippen LogP contribution in [0.25, 0.3) is 0 Å². The van der Waals surface area contributed by atoms with Crippen LogP contribution in [-0.2, 0) is 11.2 Å². The van der Waals surface area contributed by atoms with Gasteiger partial charge in [0.25, 0.3) is 0 Å². The summed E-state index contributed by atoms with van der Waals surface area (Å²) in [5, 5.41) is 6.23. The van der Waals surface area contributed by atoms with Crippen LogP contribution in [0.15, 0.2) is 66.7 Å². The van der Waals surface area contributed by atoms with Crippen LogP contribution in [0.4, 0.5) is 17.1 Å². The number of amides is 1. The number of aryl methyl sites for hydroxylation is 1. The molecule has 144 valence electrons. The van der Waals surface area contributed by atoms with Gasteiger partial charge in [-0.15, -0.1) is 0 Å². The van der Waals surface area contributed by atoms with Gasteiger partial charge in [0.2, 0.25) is 5.91 Å². The van der Waals surface area contributed by atoms with Crippen molar-refractivity contribution in [3.05, 3.63) is 77.9 Å². The predicted molar refractivity (Wildman–Crippen MR) is 113 cm³/mol. The first-order chi connectivity index (χ1) is 13.6. The molecule has 0 aliphatic carbocycles. The van der Waals surface area contributed by atoms with Gasteiger partial charge in [-0.2, -0.15) is 0 Å². The van der Waals surface area contributed by atoms with Gasteiger partial charge in [0.1, 0.15) is 0 Å². The average Bonchev–Trinajstić information content (AvgIpc) is 2.71. The van der Waals surface area contributed by atoms with Crippen molar-refractivity contribution in [2.24, 2.45) is 0 Å². The van der Waals surface area contributed by atoms with Gasteiger partial charge >= 0.3 is 0 Å². The van der Waals surface area contributed by atoms with E-state index in [4.69, 9.17) is 9.47 Å². The van der Waals surface area contributed by atoms with Crippen LogP contribution in [-0.4, -0.2) is 20.1 Å². The smallest absolute Gasteiger partial charge is 0.228 e. The van der Waals surface area contributed by atoms with Crippen LogP contribution in [0.1, 0.15) is 11.1 Å². The number of hydrogen-bond acceptors (Lipinski definition) is 4. The van der Waals surface area contributed by atoms with Crippen molar-refractivity contribution in [1.29, 1.82) is 0 Å². The van der Waals surface area contributed by atoms with E-state index in [0.717, 1.165) is 22.6 Å². The molecule has 0 aliphatic heterocycles. The minimum absolute atomic E-state index is 0.0375. The molecule has 0 fully saturated rings. The number of hydrogen-bond donors (Lipinski definition) is 2. The van der Waals surface area contributed by atoms with E-state index in [0.29, 0.717) is 17.9 Å². The number of benzene rings is 3. The highest BCUT2D eigenvalue weighted by atomic mass is 16.5. The fourth-order valence-corrected chi connectivity index (χ4v) is 2.81. The fourth-order valence-electron chi connectivity index (χ4n) is 2.81. The summed E-state index contributed by atoms with van der Waals surface area (Å²) in [6.45, 7) is 2.03. The summed E-state index contributed by atoms with van der Waals surface area (Å²) in [4.78, 5) is 12.2. The Morgan fingerprint density at radius 3 is 2.04 bits per heavy atom. The molecule has 0 radical (unpaired) electrons. The molecule has 0 heterocycles. The molecular weight excluding hydrogens is 352 g/mol. The largest absolute Gasteiger partial charge is 0.493 e. The molecule has 0 spiro atoms. The van der Waals surface area contributed by atoms with E-state index >= 15 is 0 Å². The summed E-state index contributed by atoms with van der Waals surface area (Å²) >= 11 is 0. The first kappa shape index (κ1) is 19.3. The van der Waals surface area contributed by atoms with E-state index in [-0.39, 0.29) is 5.91 Å². The van der Waals surface area contributed by atoms with Crippen molar-refractivity contribution in [1.82, 2.24) is 0 Å². The summed E-state index contributed by atoms with van der Waals surface area (Å²) in [5.74, 6) is 1.30. The molecule has 0 bridgehead atoms. The van der Waals surface area contributed by atoms with Crippen molar-refractivity contribution >= 4 is 23.0 Å². The molecule has 0 atom stereocenters. The first-order valence-electron chi connectivity index (χ1n) is 9.02. The molecule has 5 nitrogen and oxygen atoms in total. The molecule has 5 heteroatoms. The third-order valence-electron chi connectivity index (χ3n) is 4.33. The third-order valence-corrected chi connectivity index (χ3v) is 4.33. The minimum atomic E-state index is -0.0375. The lowest BCUT2D eigenvalue weighted by molar-refractivity contribution is -0.115. The van der Waals surface area contributed by atoms with Crippen LogP contribution in [0, 0.1) is 6.92 Å². The standard InChI is InChI=1S/C23H24N2O3/c1-16-4-6-17(7-5-16)14-23(26)25-19-10-8-18(9-11-19)24-20-12-13-21(27-2)22(15-20)28-3/h4-13,15,24H,14H2,1-3H3,(H,25,26). The molecule has 0 saturated carbocycles. The van der Waals surface area contributed by atoms with Crippen molar-refractivity contribution < 1.29 is 14.3 Å². The van der Waals surface area contributed by atoms with Gasteiger partial charge in [-0.05, 0) is 48.9 Å². The van der Waals surface area contributed by atoms with E-state index in [9.17, 15) is 4.79 Å². The molecule has 3 rings (SSSR count). The van der Waals surface area contributed by atoms with Crippen LogP contribution in [0.2, 0.25) is 0 Å². The molecule has 0 unspecified atom stereocenters.